The zero-order valence-corrected chi connectivity index (χ0v) is 22.5. The number of rotatable bonds is 2. The number of hydrogen-bond donors (Lipinski definition) is 2. The maximum atomic E-state index is 13.5. The van der Waals surface area contributed by atoms with Crippen molar-refractivity contribution < 1.29 is 23.8 Å². The molecule has 2 amide bonds. The Kier molecular flexibility index (Phi) is 7.30. The van der Waals surface area contributed by atoms with Gasteiger partial charge in [0.1, 0.15) is 11.3 Å². The second-order valence-corrected chi connectivity index (χ2v) is 10.7. The first kappa shape index (κ1) is 26.1. The van der Waals surface area contributed by atoms with Crippen molar-refractivity contribution in [1.29, 1.82) is 0 Å². The largest absolute Gasteiger partial charge is 0.493 e. The van der Waals surface area contributed by atoms with Crippen molar-refractivity contribution in [2.24, 2.45) is 0 Å². The third-order valence-electron chi connectivity index (χ3n) is 7.96. The van der Waals surface area contributed by atoms with Gasteiger partial charge in [-0.2, -0.15) is 0 Å². The standard InChI is InChI=1S/C31H33N3O6/c1-38-27-10-8-19-9-11-29(35)32-25-17-34(31(37)23-16-21-5-3-7-24(21)33-30(23)36)13-12-26(25)39-18-20-4-2-6-22(14-20)40-28(27)15-19/h2,4,6,8,10,14-16,25-26H,3,5,7,9,11-13,17-18H2,1H3,(H,32,35)(H,33,36)/t25-,26+/m0/s1. The van der Waals surface area contributed by atoms with Crippen molar-refractivity contribution in [3.8, 4) is 17.2 Å². The Hall–Kier alpha value is -4.11. The van der Waals surface area contributed by atoms with Crippen LogP contribution >= 0.6 is 0 Å². The van der Waals surface area contributed by atoms with Crippen molar-refractivity contribution in [3.63, 3.8) is 0 Å². The second-order valence-electron chi connectivity index (χ2n) is 10.7. The van der Waals surface area contributed by atoms with Gasteiger partial charge in [0.25, 0.3) is 11.5 Å². The van der Waals surface area contributed by atoms with Gasteiger partial charge in [-0.05, 0) is 79.1 Å². The second kappa shape index (κ2) is 11.2. The summed E-state index contributed by atoms with van der Waals surface area (Å²) in [4.78, 5) is 43.8. The van der Waals surface area contributed by atoms with E-state index in [4.69, 9.17) is 14.2 Å². The lowest BCUT2D eigenvalue weighted by Gasteiger charge is -2.38. The number of pyridine rings is 1. The van der Waals surface area contributed by atoms with Gasteiger partial charge >= 0.3 is 0 Å². The first-order chi connectivity index (χ1) is 19.5. The van der Waals surface area contributed by atoms with Crippen LogP contribution in [0.3, 0.4) is 0 Å². The van der Waals surface area contributed by atoms with Gasteiger partial charge in [0, 0.05) is 25.2 Å². The van der Waals surface area contributed by atoms with Crippen molar-refractivity contribution in [2.45, 2.75) is 57.3 Å². The Morgan fingerprint density at radius 3 is 2.80 bits per heavy atom. The highest BCUT2D eigenvalue weighted by Gasteiger charge is 2.34. The number of fused-ring (bicyclic) bond motifs is 6. The number of ether oxygens (including phenoxy) is 3. The van der Waals surface area contributed by atoms with Gasteiger partial charge in [0.2, 0.25) is 5.91 Å². The van der Waals surface area contributed by atoms with E-state index in [1.54, 1.807) is 18.1 Å². The van der Waals surface area contributed by atoms with Crippen LogP contribution in [0.2, 0.25) is 0 Å². The van der Waals surface area contributed by atoms with Gasteiger partial charge in [-0.3, -0.25) is 14.4 Å². The van der Waals surface area contributed by atoms with E-state index in [2.05, 4.69) is 10.3 Å². The van der Waals surface area contributed by atoms with E-state index >= 15 is 0 Å². The number of nitrogens with zero attached hydrogens (tertiary/aromatic N) is 1. The monoisotopic (exact) mass is 543 g/mol. The molecule has 3 heterocycles. The number of carbonyl (C=O) groups is 2. The van der Waals surface area contributed by atoms with Crippen LogP contribution in [0.25, 0.3) is 0 Å². The number of piperidine rings is 1. The molecule has 1 fully saturated rings. The number of hydrogen-bond acceptors (Lipinski definition) is 6. The van der Waals surface area contributed by atoms with E-state index in [1.807, 2.05) is 42.5 Å². The van der Waals surface area contributed by atoms with Crippen molar-refractivity contribution in [1.82, 2.24) is 15.2 Å². The fraction of sp³-hybridized carbons (Fsp3) is 0.387. The third kappa shape index (κ3) is 5.47. The molecule has 2 aromatic carbocycles. The number of aryl methyl sites for hydroxylation is 3. The summed E-state index contributed by atoms with van der Waals surface area (Å²) >= 11 is 0. The van der Waals surface area contributed by atoms with Crippen LogP contribution in [0.5, 0.6) is 17.2 Å². The molecular formula is C31H33N3O6. The molecule has 0 saturated carbocycles. The molecule has 0 unspecified atom stereocenters. The zero-order valence-electron chi connectivity index (χ0n) is 22.5. The van der Waals surface area contributed by atoms with E-state index in [9.17, 15) is 14.4 Å². The Morgan fingerprint density at radius 2 is 1.93 bits per heavy atom. The molecule has 2 N–H and O–H groups in total. The quantitative estimate of drug-likeness (QED) is 0.512. The molecule has 3 aliphatic rings. The number of nitrogens with one attached hydrogen (secondary N) is 2. The molecule has 40 heavy (non-hydrogen) atoms. The van der Waals surface area contributed by atoms with Gasteiger partial charge in [-0.15, -0.1) is 0 Å². The van der Waals surface area contributed by atoms with E-state index in [0.29, 0.717) is 43.2 Å². The number of aromatic amines is 1. The molecular weight excluding hydrogens is 510 g/mol. The Bertz CT molecular complexity index is 1500. The fourth-order valence-corrected chi connectivity index (χ4v) is 5.82. The molecule has 9 heteroatoms. The van der Waals surface area contributed by atoms with Crippen molar-refractivity contribution in [3.05, 3.63) is 86.8 Å². The van der Waals surface area contributed by atoms with Crippen LogP contribution in [-0.4, -0.2) is 54.0 Å². The van der Waals surface area contributed by atoms with E-state index < -0.39 is 6.04 Å². The molecule has 0 spiro atoms. The average Bonchev–Trinajstić information content (AvgIpc) is 3.41. The van der Waals surface area contributed by atoms with Crippen molar-refractivity contribution in [2.75, 3.05) is 20.2 Å². The molecule has 0 radical (unpaired) electrons. The fourth-order valence-electron chi connectivity index (χ4n) is 5.82. The minimum Gasteiger partial charge on any atom is -0.493 e. The highest BCUT2D eigenvalue weighted by Crippen LogP contribution is 2.33. The van der Waals surface area contributed by atoms with Crippen LogP contribution in [0, 0.1) is 0 Å². The van der Waals surface area contributed by atoms with E-state index in [0.717, 1.165) is 41.6 Å². The summed E-state index contributed by atoms with van der Waals surface area (Å²) in [6, 6.07) is 14.7. The van der Waals surface area contributed by atoms with Crippen LogP contribution < -0.4 is 20.3 Å². The number of methoxy groups -OCH3 is 1. The molecule has 2 atom stereocenters. The van der Waals surface area contributed by atoms with Crippen molar-refractivity contribution >= 4 is 11.8 Å². The Labute approximate surface area is 232 Å². The normalized spacial score (nSPS) is 20.7. The van der Waals surface area contributed by atoms with Gasteiger partial charge < -0.3 is 29.4 Å². The maximum Gasteiger partial charge on any atom is 0.261 e. The zero-order chi connectivity index (χ0) is 27.6. The third-order valence-corrected chi connectivity index (χ3v) is 7.96. The highest BCUT2D eigenvalue weighted by molar-refractivity contribution is 5.94. The van der Waals surface area contributed by atoms with Crippen LogP contribution in [0.4, 0.5) is 0 Å². The van der Waals surface area contributed by atoms with Gasteiger partial charge in [0.15, 0.2) is 11.5 Å². The maximum absolute atomic E-state index is 13.5. The van der Waals surface area contributed by atoms with E-state index in [1.165, 1.54) is 0 Å². The molecule has 1 saturated heterocycles. The summed E-state index contributed by atoms with van der Waals surface area (Å²) in [5.41, 5.74) is 3.65. The molecule has 3 aromatic rings. The lowest BCUT2D eigenvalue weighted by Crippen LogP contribution is -2.57. The Balaban J connectivity index is 1.24. The summed E-state index contributed by atoms with van der Waals surface area (Å²) in [5, 5.41) is 3.12. The molecule has 1 aromatic heterocycles. The lowest BCUT2D eigenvalue weighted by atomic mass is 10.00. The number of amides is 2. The van der Waals surface area contributed by atoms with Gasteiger partial charge in [-0.25, -0.2) is 0 Å². The summed E-state index contributed by atoms with van der Waals surface area (Å²) < 4.78 is 18.0. The molecule has 2 aliphatic heterocycles. The number of likely N-dealkylation sites (tertiary alicyclic amines) is 1. The summed E-state index contributed by atoms with van der Waals surface area (Å²) in [5.74, 6) is 1.42. The van der Waals surface area contributed by atoms with Crippen LogP contribution in [0.15, 0.2) is 53.3 Å². The minimum absolute atomic E-state index is 0.128. The van der Waals surface area contributed by atoms with Crippen LogP contribution in [0.1, 0.15) is 52.0 Å². The lowest BCUT2D eigenvalue weighted by molar-refractivity contribution is -0.124. The summed E-state index contributed by atoms with van der Waals surface area (Å²) in [6.07, 6.45) is 3.70. The smallest absolute Gasteiger partial charge is 0.261 e. The number of benzene rings is 2. The predicted octanol–water partition coefficient (Wildman–Crippen LogP) is 3.53. The molecule has 4 bridgehead atoms. The first-order valence-electron chi connectivity index (χ1n) is 13.9. The SMILES string of the molecule is COc1ccc2cc1Oc1cccc(c1)CO[C@@H]1CCN(C(=O)c3cc4c([nH]c3=O)CCC4)C[C@@H]1NC(=O)CC2. The molecule has 9 nitrogen and oxygen atoms in total. The molecule has 1 aliphatic carbocycles. The van der Waals surface area contributed by atoms with E-state index in [-0.39, 0.29) is 42.0 Å². The molecule has 208 valence electrons. The highest BCUT2D eigenvalue weighted by atomic mass is 16.5. The van der Waals surface area contributed by atoms with Gasteiger partial charge in [-0.1, -0.05) is 18.2 Å². The first-order valence-corrected chi connectivity index (χ1v) is 13.9. The Morgan fingerprint density at radius 1 is 1.02 bits per heavy atom. The molecule has 6 rings (SSSR count). The van der Waals surface area contributed by atoms with Crippen LogP contribution in [-0.2, 0) is 35.4 Å². The number of aromatic nitrogens is 1. The minimum atomic E-state index is -0.408. The summed E-state index contributed by atoms with van der Waals surface area (Å²) in [6.45, 7) is 1.02. The average molecular weight is 544 g/mol. The number of carbonyl (C=O) groups excluding carboxylic acids is 2. The summed E-state index contributed by atoms with van der Waals surface area (Å²) in [7, 11) is 1.60. The predicted molar refractivity (Wildman–Crippen MR) is 148 cm³/mol. The van der Waals surface area contributed by atoms with Gasteiger partial charge in [0.05, 0.1) is 25.9 Å². The number of H-pyrrole nitrogens is 1. The topological polar surface area (TPSA) is 110 Å².